The molecule has 0 spiro atoms. The smallest absolute Gasteiger partial charge is 0.325 e. The van der Waals surface area contributed by atoms with Gasteiger partial charge in [0, 0.05) is 13.1 Å². The quantitative estimate of drug-likeness (QED) is 0.651. The number of benzene rings is 1. The van der Waals surface area contributed by atoms with E-state index in [1.807, 2.05) is 30.0 Å². The van der Waals surface area contributed by atoms with E-state index in [9.17, 15) is 14.4 Å². The number of methoxy groups -OCH3 is 1. The van der Waals surface area contributed by atoms with Crippen LogP contribution in [-0.4, -0.2) is 59.0 Å². The Bertz CT molecular complexity index is 974. The lowest BCUT2D eigenvalue weighted by Crippen LogP contribution is -2.36. The van der Waals surface area contributed by atoms with Gasteiger partial charge in [-0.1, -0.05) is 17.4 Å². The molecule has 0 bridgehead atoms. The van der Waals surface area contributed by atoms with E-state index in [-0.39, 0.29) is 29.9 Å². The van der Waals surface area contributed by atoms with Crippen molar-refractivity contribution in [2.24, 2.45) is 4.99 Å². The Kier molecular flexibility index (Phi) is 7.49. The highest BCUT2D eigenvalue weighted by molar-refractivity contribution is 8.00. The van der Waals surface area contributed by atoms with Crippen LogP contribution in [0.15, 0.2) is 23.2 Å². The molecule has 156 valence electrons. The second kappa shape index (κ2) is 10.1. The van der Waals surface area contributed by atoms with Crippen LogP contribution in [0.1, 0.15) is 24.8 Å². The number of carbonyl (C=O) groups excluding carboxylic acids is 3. The summed E-state index contributed by atoms with van der Waals surface area (Å²) in [6.45, 7) is 3.60. The highest BCUT2D eigenvalue weighted by atomic mass is 32.2. The number of hydrogen-bond donors (Lipinski definition) is 0. The number of piperidine rings is 1. The first-order valence-electron chi connectivity index (χ1n) is 9.58. The molecule has 29 heavy (non-hydrogen) atoms. The van der Waals surface area contributed by atoms with Gasteiger partial charge >= 0.3 is 5.97 Å². The number of nitrogens with zero attached hydrogens (tertiary/aromatic N) is 3. The lowest BCUT2D eigenvalue weighted by atomic mass is 10.1. The molecule has 0 atom stereocenters. The van der Waals surface area contributed by atoms with Gasteiger partial charge in [-0.05, 0) is 43.9 Å². The highest BCUT2D eigenvalue weighted by Crippen LogP contribution is 2.19. The molecule has 9 heteroatoms. The van der Waals surface area contributed by atoms with Crippen molar-refractivity contribution < 1.29 is 19.1 Å². The van der Waals surface area contributed by atoms with Crippen LogP contribution < -0.4 is 4.80 Å². The van der Waals surface area contributed by atoms with Crippen LogP contribution >= 0.6 is 23.1 Å². The number of carbonyl (C=O) groups is 3. The van der Waals surface area contributed by atoms with Gasteiger partial charge in [0.15, 0.2) is 4.80 Å². The fourth-order valence-corrected chi connectivity index (χ4v) is 5.05. The summed E-state index contributed by atoms with van der Waals surface area (Å²) in [6, 6.07) is 5.87. The Labute approximate surface area is 177 Å². The van der Waals surface area contributed by atoms with Gasteiger partial charge in [-0.25, -0.2) is 0 Å². The molecule has 1 aromatic heterocycles. The molecule has 1 saturated heterocycles. The number of aryl methyl sites for hydroxylation is 1. The van der Waals surface area contributed by atoms with E-state index in [0.29, 0.717) is 4.80 Å². The largest absolute Gasteiger partial charge is 0.468 e. The van der Waals surface area contributed by atoms with Crippen LogP contribution in [0.3, 0.4) is 0 Å². The van der Waals surface area contributed by atoms with Gasteiger partial charge in [0.25, 0.3) is 5.91 Å². The number of thioether (sulfide) groups is 1. The van der Waals surface area contributed by atoms with Crippen LogP contribution in [0.4, 0.5) is 0 Å². The Hall–Kier alpha value is -2.13. The first-order chi connectivity index (χ1) is 14.0. The number of thiazole rings is 1. The van der Waals surface area contributed by atoms with E-state index in [2.05, 4.69) is 4.99 Å². The zero-order valence-electron chi connectivity index (χ0n) is 16.7. The minimum Gasteiger partial charge on any atom is -0.468 e. The number of amides is 2. The third-order valence-corrected chi connectivity index (χ3v) is 6.68. The zero-order valence-corrected chi connectivity index (χ0v) is 18.3. The maximum Gasteiger partial charge on any atom is 0.325 e. The van der Waals surface area contributed by atoms with Gasteiger partial charge < -0.3 is 14.2 Å². The number of rotatable bonds is 6. The molecule has 1 aliphatic heterocycles. The monoisotopic (exact) mass is 435 g/mol. The molecule has 2 aromatic rings. The molecule has 0 radical (unpaired) electrons. The summed E-state index contributed by atoms with van der Waals surface area (Å²) >= 11 is 2.65. The van der Waals surface area contributed by atoms with Gasteiger partial charge in [0.2, 0.25) is 5.91 Å². The number of aromatic nitrogens is 1. The minimum absolute atomic E-state index is 0.00768. The number of likely N-dealkylation sites (tertiary alicyclic amines) is 1. The second-order valence-corrected chi connectivity index (χ2v) is 8.95. The first-order valence-corrected chi connectivity index (χ1v) is 11.5. The number of fused-ring (bicyclic) bond motifs is 1. The van der Waals surface area contributed by atoms with Crippen LogP contribution in [0.2, 0.25) is 0 Å². The van der Waals surface area contributed by atoms with E-state index in [4.69, 9.17) is 4.74 Å². The molecule has 1 fully saturated rings. The first kappa shape index (κ1) is 21.6. The molecular weight excluding hydrogens is 410 g/mol. The van der Waals surface area contributed by atoms with Gasteiger partial charge in [0.05, 0.1) is 28.8 Å². The Morgan fingerprint density at radius 3 is 2.66 bits per heavy atom. The number of esters is 1. The van der Waals surface area contributed by atoms with E-state index in [0.717, 1.165) is 41.7 Å². The van der Waals surface area contributed by atoms with Gasteiger partial charge in [-0.2, -0.15) is 4.99 Å². The number of hydrogen-bond acceptors (Lipinski definition) is 6. The summed E-state index contributed by atoms with van der Waals surface area (Å²) in [6.07, 6.45) is 3.28. The molecular formula is C20H25N3O4S2. The Morgan fingerprint density at radius 1 is 1.17 bits per heavy atom. The van der Waals surface area contributed by atoms with Crippen LogP contribution in [-0.2, 0) is 25.7 Å². The van der Waals surface area contributed by atoms with Crippen molar-refractivity contribution in [3.8, 4) is 0 Å². The van der Waals surface area contributed by atoms with Gasteiger partial charge in [-0.15, -0.1) is 11.8 Å². The normalized spacial score (nSPS) is 15.0. The van der Waals surface area contributed by atoms with E-state index in [1.165, 1.54) is 36.6 Å². The maximum atomic E-state index is 12.4. The molecule has 0 saturated carbocycles. The summed E-state index contributed by atoms with van der Waals surface area (Å²) in [5, 5.41) is 0. The lowest BCUT2D eigenvalue weighted by molar-refractivity contribution is -0.141. The van der Waals surface area contributed by atoms with Crippen molar-refractivity contribution in [3.05, 3.63) is 28.6 Å². The summed E-state index contributed by atoms with van der Waals surface area (Å²) in [5.41, 5.74) is 1.93. The molecule has 3 rings (SSSR count). The molecule has 0 N–H and O–H groups in total. The fraction of sp³-hybridized carbons (Fsp3) is 0.500. The minimum atomic E-state index is -0.402. The summed E-state index contributed by atoms with van der Waals surface area (Å²) in [5.74, 6) is -0.218. The van der Waals surface area contributed by atoms with Crippen LogP contribution in [0.5, 0.6) is 0 Å². The highest BCUT2D eigenvalue weighted by Gasteiger charge is 2.17. The SMILES string of the molecule is COC(=O)Cn1c(=NC(=O)CSCC(=O)N2CCCCC2)sc2cc(C)ccc21. The van der Waals surface area contributed by atoms with Gasteiger partial charge in [-0.3, -0.25) is 14.4 Å². The topological polar surface area (TPSA) is 81.0 Å². The van der Waals surface area contributed by atoms with Crippen LogP contribution in [0, 0.1) is 6.92 Å². The van der Waals surface area contributed by atoms with Crippen molar-refractivity contribution in [3.63, 3.8) is 0 Å². The average Bonchev–Trinajstić information content (AvgIpc) is 3.04. The predicted octanol–water partition coefficient (Wildman–Crippen LogP) is 2.36. The van der Waals surface area contributed by atoms with Crippen molar-refractivity contribution in [2.45, 2.75) is 32.7 Å². The average molecular weight is 436 g/mol. The molecule has 2 amide bonds. The van der Waals surface area contributed by atoms with E-state index >= 15 is 0 Å². The summed E-state index contributed by atoms with van der Waals surface area (Å²) in [4.78, 5) is 43.0. The molecule has 1 aliphatic rings. The molecule has 0 unspecified atom stereocenters. The molecule has 2 heterocycles. The Balaban J connectivity index is 1.70. The second-order valence-electron chi connectivity index (χ2n) is 6.96. The van der Waals surface area contributed by atoms with Crippen molar-refractivity contribution in [2.75, 3.05) is 31.7 Å². The predicted molar refractivity (Wildman–Crippen MR) is 115 cm³/mol. The van der Waals surface area contributed by atoms with Crippen molar-refractivity contribution >= 4 is 51.1 Å². The molecule has 7 nitrogen and oxygen atoms in total. The fourth-order valence-electron chi connectivity index (χ4n) is 3.21. The third-order valence-electron chi connectivity index (χ3n) is 4.73. The van der Waals surface area contributed by atoms with Gasteiger partial charge in [0.1, 0.15) is 6.54 Å². The standard InChI is InChI=1S/C20H25N3O4S2/c1-14-6-7-15-16(10-14)29-20(23(15)11-19(26)27-2)21-17(24)12-28-13-18(25)22-8-4-3-5-9-22/h6-7,10H,3-5,8-9,11-13H2,1-2H3. The van der Waals surface area contributed by atoms with Crippen LogP contribution in [0.25, 0.3) is 10.2 Å². The van der Waals surface area contributed by atoms with E-state index < -0.39 is 5.97 Å². The van der Waals surface area contributed by atoms with Crippen molar-refractivity contribution in [1.29, 1.82) is 0 Å². The van der Waals surface area contributed by atoms with E-state index in [1.54, 1.807) is 4.57 Å². The summed E-state index contributed by atoms with van der Waals surface area (Å²) in [7, 11) is 1.33. The lowest BCUT2D eigenvalue weighted by Gasteiger charge is -2.26. The zero-order chi connectivity index (χ0) is 20.8. The maximum absolute atomic E-state index is 12.4. The molecule has 1 aromatic carbocycles. The number of ether oxygens (including phenoxy) is 1. The van der Waals surface area contributed by atoms with Crippen molar-refractivity contribution in [1.82, 2.24) is 9.47 Å². The Morgan fingerprint density at radius 2 is 1.93 bits per heavy atom. The summed E-state index contributed by atoms with van der Waals surface area (Å²) < 4.78 is 7.43. The third kappa shape index (κ3) is 5.70. The molecule has 0 aliphatic carbocycles.